The number of fused-ring (bicyclic) bond motifs is 2. The van der Waals surface area contributed by atoms with Gasteiger partial charge in [0.05, 0.1) is 16.8 Å². The minimum Gasteiger partial charge on any atom is -0.361 e. The van der Waals surface area contributed by atoms with E-state index >= 15 is 0 Å². The summed E-state index contributed by atoms with van der Waals surface area (Å²) in [7, 11) is 0. The van der Waals surface area contributed by atoms with E-state index in [1.54, 1.807) is 17.2 Å². The van der Waals surface area contributed by atoms with Crippen molar-refractivity contribution >= 4 is 11.7 Å². The monoisotopic (exact) mass is 415 g/mol. The number of carbonyl (C=O) groups excluding carboxylic acids is 1. The largest absolute Gasteiger partial charge is 0.361 e. The number of aryl methyl sites for hydroxylation is 2. The van der Waals surface area contributed by atoms with Crippen LogP contribution in [0.5, 0.6) is 0 Å². The number of hydrogen-bond acceptors (Lipinski definition) is 6. The maximum absolute atomic E-state index is 14.6. The Kier molecular flexibility index (Phi) is 5.18. The lowest BCUT2D eigenvalue weighted by Crippen LogP contribution is -2.55. The van der Waals surface area contributed by atoms with Crippen molar-refractivity contribution in [2.45, 2.75) is 57.5 Å². The molecule has 0 aromatic carbocycles. The van der Waals surface area contributed by atoms with Gasteiger partial charge in [-0.25, -0.2) is 13.8 Å². The second kappa shape index (κ2) is 7.67. The van der Waals surface area contributed by atoms with E-state index in [1.165, 1.54) is 13.8 Å². The van der Waals surface area contributed by atoms with E-state index in [4.69, 9.17) is 9.78 Å². The van der Waals surface area contributed by atoms with Crippen LogP contribution in [0.1, 0.15) is 48.3 Å². The van der Waals surface area contributed by atoms with Gasteiger partial charge in [0.2, 0.25) is 5.91 Å². The van der Waals surface area contributed by atoms with Gasteiger partial charge in [0.25, 0.3) is 5.92 Å². The van der Waals surface area contributed by atoms with Gasteiger partial charge in [0.15, 0.2) is 0 Å². The van der Waals surface area contributed by atoms with E-state index in [0.717, 1.165) is 18.7 Å². The normalized spacial score (nSPS) is 21.0. The van der Waals surface area contributed by atoms with Gasteiger partial charge < -0.3 is 14.3 Å². The first-order valence-electron chi connectivity index (χ1n) is 10.0. The molecular weight excluding hydrogens is 392 g/mol. The number of aromatic nitrogens is 2. The lowest BCUT2D eigenvalue weighted by Gasteiger charge is -2.42. The molecule has 0 aliphatic carbocycles. The molecule has 7 nitrogen and oxygen atoms in total. The third-order valence-corrected chi connectivity index (χ3v) is 6.03. The smallest absolute Gasteiger partial charge is 0.278 e. The molecule has 2 bridgehead atoms. The number of nitriles is 1. The molecule has 2 fully saturated rings. The third-order valence-electron chi connectivity index (χ3n) is 6.03. The van der Waals surface area contributed by atoms with Gasteiger partial charge in [-0.15, -0.1) is 0 Å². The van der Waals surface area contributed by atoms with E-state index < -0.39 is 12.3 Å². The molecule has 2 aromatic heterocycles. The Morgan fingerprint density at radius 3 is 2.53 bits per heavy atom. The Morgan fingerprint density at radius 1 is 1.30 bits per heavy atom. The first kappa shape index (κ1) is 20.3. The van der Waals surface area contributed by atoms with Crippen molar-refractivity contribution in [3.63, 3.8) is 0 Å². The first-order valence-corrected chi connectivity index (χ1v) is 10.0. The minimum atomic E-state index is -3.16. The number of piperazine rings is 1. The van der Waals surface area contributed by atoms with Crippen molar-refractivity contribution in [1.29, 1.82) is 5.26 Å². The highest BCUT2D eigenvalue weighted by Crippen LogP contribution is 2.38. The fourth-order valence-corrected chi connectivity index (χ4v) is 4.64. The van der Waals surface area contributed by atoms with Crippen molar-refractivity contribution in [2.75, 3.05) is 18.0 Å². The van der Waals surface area contributed by atoms with E-state index in [-0.39, 0.29) is 41.4 Å². The van der Waals surface area contributed by atoms with Crippen LogP contribution in [-0.4, -0.2) is 46.1 Å². The van der Waals surface area contributed by atoms with Crippen molar-refractivity contribution in [3.05, 3.63) is 40.9 Å². The Balaban J connectivity index is 1.40. The van der Waals surface area contributed by atoms with E-state index in [1.807, 2.05) is 6.07 Å². The van der Waals surface area contributed by atoms with Gasteiger partial charge in [-0.1, -0.05) is 5.16 Å². The minimum absolute atomic E-state index is 0.0894. The summed E-state index contributed by atoms with van der Waals surface area (Å²) in [6.07, 6.45) is 2.59. The molecule has 2 aliphatic heterocycles. The average molecular weight is 415 g/mol. The quantitative estimate of drug-likeness (QED) is 0.745. The fraction of sp³-hybridized carbons (Fsp3) is 0.524. The molecule has 0 N–H and O–H groups in total. The van der Waals surface area contributed by atoms with E-state index in [0.29, 0.717) is 18.7 Å². The molecule has 0 spiro atoms. The van der Waals surface area contributed by atoms with Gasteiger partial charge in [0.1, 0.15) is 17.6 Å². The summed E-state index contributed by atoms with van der Waals surface area (Å²) in [6.45, 7) is 3.93. The summed E-state index contributed by atoms with van der Waals surface area (Å²) in [5.74, 6) is -2.53. The highest BCUT2D eigenvalue weighted by Gasteiger charge is 2.43. The molecule has 30 heavy (non-hydrogen) atoms. The second-order valence-electron chi connectivity index (χ2n) is 8.01. The van der Waals surface area contributed by atoms with Crippen LogP contribution in [0.2, 0.25) is 0 Å². The lowest BCUT2D eigenvalue weighted by molar-refractivity contribution is -0.134. The molecule has 2 atom stereocenters. The highest BCUT2D eigenvalue weighted by molar-refractivity contribution is 5.77. The Labute approximate surface area is 173 Å². The zero-order valence-corrected chi connectivity index (χ0v) is 16.9. The summed E-state index contributed by atoms with van der Waals surface area (Å²) in [4.78, 5) is 21.0. The molecule has 9 heteroatoms. The molecule has 4 rings (SSSR count). The SMILES string of the molecule is Cc1noc(C)c1C(F)(F)CCC(=O)N1CC2CCC(C1)N2c1ccc(C#N)cn1. The molecule has 2 unspecified atom stereocenters. The summed E-state index contributed by atoms with van der Waals surface area (Å²) in [6, 6.07) is 5.83. The molecule has 0 radical (unpaired) electrons. The van der Waals surface area contributed by atoms with Gasteiger partial charge in [-0.3, -0.25) is 4.79 Å². The van der Waals surface area contributed by atoms with Crippen molar-refractivity contribution < 1.29 is 18.1 Å². The summed E-state index contributed by atoms with van der Waals surface area (Å²) in [5.41, 5.74) is 0.442. The van der Waals surface area contributed by atoms with Crippen molar-refractivity contribution in [1.82, 2.24) is 15.0 Å². The van der Waals surface area contributed by atoms with Gasteiger partial charge in [0, 0.05) is 44.2 Å². The number of alkyl halides is 2. The third kappa shape index (κ3) is 3.62. The van der Waals surface area contributed by atoms with E-state index in [2.05, 4.69) is 21.1 Å². The zero-order chi connectivity index (χ0) is 21.5. The number of nitrogens with zero attached hydrogens (tertiary/aromatic N) is 5. The molecule has 2 aromatic rings. The average Bonchev–Trinajstić information content (AvgIpc) is 3.21. The number of likely N-dealkylation sites (tertiary alicyclic amines) is 1. The summed E-state index contributed by atoms with van der Waals surface area (Å²) < 4.78 is 34.1. The Bertz CT molecular complexity index is 949. The Hall–Kier alpha value is -3.02. The predicted molar refractivity (Wildman–Crippen MR) is 104 cm³/mol. The number of halogens is 2. The highest BCUT2D eigenvalue weighted by atomic mass is 19.3. The number of anilines is 1. The van der Waals surface area contributed by atoms with Crippen LogP contribution in [0, 0.1) is 25.2 Å². The van der Waals surface area contributed by atoms with Crippen LogP contribution in [-0.2, 0) is 10.7 Å². The van der Waals surface area contributed by atoms with E-state index in [9.17, 15) is 13.6 Å². The number of rotatable bonds is 5. The Morgan fingerprint density at radius 2 is 2.00 bits per heavy atom. The summed E-state index contributed by atoms with van der Waals surface area (Å²) in [5, 5.41) is 12.5. The first-order chi connectivity index (χ1) is 14.3. The lowest BCUT2D eigenvalue weighted by atomic mass is 10.0. The topological polar surface area (TPSA) is 86.3 Å². The van der Waals surface area contributed by atoms with Gasteiger partial charge >= 0.3 is 0 Å². The number of amides is 1. The maximum atomic E-state index is 14.6. The molecular formula is C21H23F2N5O2. The van der Waals surface area contributed by atoms with Crippen LogP contribution < -0.4 is 4.90 Å². The van der Waals surface area contributed by atoms with Crippen LogP contribution in [0.25, 0.3) is 0 Å². The molecule has 4 heterocycles. The zero-order valence-electron chi connectivity index (χ0n) is 16.9. The van der Waals surface area contributed by atoms with Crippen LogP contribution in [0.3, 0.4) is 0 Å². The molecule has 1 amide bonds. The van der Waals surface area contributed by atoms with Crippen molar-refractivity contribution in [3.8, 4) is 6.07 Å². The molecule has 2 aliphatic rings. The van der Waals surface area contributed by atoms with Crippen LogP contribution in [0.4, 0.5) is 14.6 Å². The molecule has 2 saturated heterocycles. The molecule has 158 valence electrons. The molecule has 0 saturated carbocycles. The predicted octanol–water partition coefficient (Wildman–Crippen LogP) is 3.31. The second-order valence-corrected chi connectivity index (χ2v) is 8.01. The summed E-state index contributed by atoms with van der Waals surface area (Å²) >= 11 is 0. The standard InChI is InChI=1S/C21H23F2N5O2/c1-13-20(14(2)30-26-13)21(22,23)8-7-19(29)27-11-16-4-5-17(12-27)28(16)18-6-3-15(9-24)10-25-18/h3,6,10,16-17H,4-5,7-8,11-12H2,1-2H3. The van der Waals surface area contributed by atoms with Gasteiger partial charge in [-0.2, -0.15) is 5.26 Å². The van der Waals surface area contributed by atoms with Crippen LogP contribution in [0.15, 0.2) is 22.9 Å². The van der Waals surface area contributed by atoms with Crippen molar-refractivity contribution in [2.24, 2.45) is 0 Å². The number of hydrogen-bond donors (Lipinski definition) is 0. The number of carbonyl (C=O) groups is 1. The van der Waals surface area contributed by atoms with Gasteiger partial charge in [-0.05, 0) is 38.8 Å². The maximum Gasteiger partial charge on any atom is 0.278 e. The van der Waals surface area contributed by atoms with Crippen LogP contribution >= 0.6 is 0 Å². The fourth-order valence-electron chi connectivity index (χ4n) is 4.64. The number of pyridine rings is 1.